The van der Waals surface area contributed by atoms with Crippen LogP contribution in [0.1, 0.15) is 51.9 Å². The number of unbranched alkanes of at least 4 members (excludes halogenated alkanes) is 3. The largest absolute Gasteiger partial charge is 0.396 e. The molecule has 0 spiro atoms. The number of aliphatic hydroxyl groups is 2. The maximum atomic E-state index is 11.6. The van der Waals surface area contributed by atoms with Crippen LogP contribution in [0.15, 0.2) is 0 Å². The smallest absolute Gasteiger partial charge is 0.135 e. The molecular formula is C12H24O3. The molecule has 0 aromatic heterocycles. The molecule has 0 aromatic carbocycles. The summed E-state index contributed by atoms with van der Waals surface area (Å²) in [6.07, 6.45) is 5.88. The molecule has 3 heteroatoms. The molecule has 0 heterocycles. The summed E-state index contributed by atoms with van der Waals surface area (Å²) in [5, 5.41) is 17.2. The molecule has 0 saturated carbocycles. The van der Waals surface area contributed by atoms with Crippen LogP contribution in [0.4, 0.5) is 0 Å². The SMILES string of the molecule is CC(CCCCO)C(=O)CCCCCO. The average molecular weight is 216 g/mol. The first kappa shape index (κ1) is 14.6. The monoisotopic (exact) mass is 216 g/mol. The predicted octanol–water partition coefficient (Wildman–Crippen LogP) is 1.91. The minimum atomic E-state index is 0.130. The fourth-order valence-corrected chi connectivity index (χ4v) is 1.56. The standard InChI is InChI=1S/C12H24O3/c1-11(7-4-6-10-14)12(15)8-3-2-5-9-13/h11,13-14H,2-10H2,1H3. The fourth-order valence-electron chi connectivity index (χ4n) is 1.56. The van der Waals surface area contributed by atoms with Gasteiger partial charge in [-0.1, -0.05) is 19.8 Å². The molecule has 1 unspecified atom stereocenters. The van der Waals surface area contributed by atoms with Gasteiger partial charge in [-0.3, -0.25) is 4.79 Å². The van der Waals surface area contributed by atoms with Crippen LogP contribution in [-0.2, 0) is 4.79 Å². The highest BCUT2D eigenvalue weighted by atomic mass is 16.3. The van der Waals surface area contributed by atoms with Crippen LogP contribution < -0.4 is 0 Å². The molecule has 0 radical (unpaired) electrons. The van der Waals surface area contributed by atoms with Crippen LogP contribution in [0.5, 0.6) is 0 Å². The number of Topliss-reactive ketones (excluding diaryl/α,β-unsaturated/α-hetero) is 1. The van der Waals surface area contributed by atoms with E-state index in [1.807, 2.05) is 6.92 Å². The van der Waals surface area contributed by atoms with Gasteiger partial charge in [0, 0.05) is 25.6 Å². The zero-order valence-electron chi connectivity index (χ0n) is 9.74. The maximum Gasteiger partial charge on any atom is 0.135 e. The van der Waals surface area contributed by atoms with E-state index in [0.717, 1.165) is 38.5 Å². The number of aliphatic hydroxyl groups excluding tert-OH is 2. The lowest BCUT2D eigenvalue weighted by Gasteiger charge is -2.09. The molecule has 1 atom stereocenters. The minimum absolute atomic E-state index is 0.130. The number of hydrogen-bond acceptors (Lipinski definition) is 3. The summed E-state index contributed by atoms with van der Waals surface area (Å²) < 4.78 is 0. The number of carbonyl (C=O) groups is 1. The Hall–Kier alpha value is -0.410. The molecule has 0 saturated heterocycles. The summed E-state index contributed by atoms with van der Waals surface area (Å²) in [4.78, 5) is 11.6. The van der Waals surface area contributed by atoms with Crippen LogP contribution in [0.2, 0.25) is 0 Å². The van der Waals surface area contributed by atoms with Crippen molar-refractivity contribution >= 4 is 5.78 Å². The molecule has 90 valence electrons. The molecule has 0 aliphatic rings. The van der Waals surface area contributed by atoms with Crippen molar-refractivity contribution in [3.05, 3.63) is 0 Å². The predicted molar refractivity (Wildman–Crippen MR) is 60.7 cm³/mol. The topological polar surface area (TPSA) is 57.5 Å². The van der Waals surface area contributed by atoms with E-state index in [4.69, 9.17) is 10.2 Å². The second-order valence-corrected chi connectivity index (χ2v) is 4.12. The second-order valence-electron chi connectivity index (χ2n) is 4.12. The Labute approximate surface area is 92.5 Å². The normalized spacial score (nSPS) is 12.7. The van der Waals surface area contributed by atoms with Crippen molar-refractivity contribution < 1.29 is 15.0 Å². The van der Waals surface area contributed by atoms with Crippen molar-refractivity contribution in [2.45, 2.75) is 51.9 Å². The van der Waals surface area contributed by atoms with Gasteiger partial charge in [0.1, 0.15) is 5.78 Å². The van der Waals surface area contributed by atoms with E-state index in [2.05, 4.69) is 0 Å². The molecule has 0 amide bonds. The highest BCUT2D eigenvalue weighted by Gasteiger charge is 2.11. The van der Waals surface area contributed by atoms with Gasteiger partial charge in [-0.25, -0.2) is 0 Å². The van der Waals surface area contributed by atoms with E-state index in [0.29, 0.717) is 12.2 Å². The molecule has 0 aliphatic heterocycles. The Morgan fingerprint density at radius 3 is 2.20 bits per heavy atom. The van der Waals surface area contributed by atoms with Crippen LogP contribution in [0, 0.1) is 5.92 Å². The Kier molecular flexibility index (Phi) is 9.84. The lowest BCUT2D eigenvalue weighted by Crippen LogP contribution is -2.10. The molecule has 0 bridgehead atoms. The fraction of sp³-hybridized carbons (Fsp3) is 0.917. The molecule has 0 aliphatic carbocycles. The first-order valence-corrected chi connectivity index (χ1v) is 5.96. The van der Waals surface area contributed by atoms with E-state index in [9.17, 15) is 4.79 Å². The zero-order chi connectivity index (χ0) is 11.5. The first-order chi connectivity index (χ1) is 7.22. The van der Waals surface area contributed by atoms with Gasteiger partial charge in [-0.15, -0.1) is 0 Å². The van der Waals surface area contributed by atoms with E-state index in [1.54, 1.807) is 0 Å². The number of hydrogen-bond donors (Lipinski definition) is 2. The van der Waals surface area contributed by atoms with E-state index in [1.165, 1.54) is 0 Å². The highest BCUT2D eigenvalue weighted by Crippen LogP contribution is 2.13. The van der Waals surface area contributed by atoms with Crippen LogP contribution in [0.25, 0.3) is 0 Å². The first-order valence-electron chi connectivity index (χ1n) is 5.96. The van der Waals surface area contributed by atoms with Crippen LogP contribution >= 0.6 is 0 Å². The Balaban J connectivity index is 3.42. The van der Waals surface area contributed by atoms with Gasteiger partial charge in [-0.05, 0) is 25.7 Å². The van der Waals surface area contributed by atoms with Gasteiger partial charge in [0.15, 0.2) is 0 Å². The van der Waals surface area contributed by atoms with Crippen molar-refractivity contribution in [1.29, 1.82) is 0 Å². The summed E-state index contributed by atoms with van der Waals surface area (Å²) in [5.74, 6) is 0.455. The van der Waals surface area contributed by atoms with Crippen LogP contribution in [0.3, 0.4) is 0 Å². The Bertz CT molecular complexity index is 157. The zero-order valence-corrected chi connectivity index (χ0v) is 9.74. The van der Waals surface area contributed by atoms with Crippen molar-refractivity contribution in [2.75, 3.05) is 13.2 Å². The molecule has 0 aromatic rings. The summed E-state index contributed by atoms with van der Waals surface area (Å²) in [6.45, 7) is 2.41. The molecule has 3 nitrogen and oxygen atoms in total. The molecular weight excluding hydrogens is 192 g/mol. The molecule has 0 fully saturated rings. The third-order valence-corrected chi connectivity index (χ3v) is 2.68. The van der Waals surface area contributed by atoms with Gasteiger partial charge < -0.3 is 10.2 Å². The summed E-state index contributed by atoms with van der Waals surface area (Å²) >= 11 is 0. The lowest BCUT2D eigenvalue weighted by molar-refractivity contribution is -0.122. The number of ketones is 1. The Morgan fingerprint density at radius 1 is 1.00 bits per heavy atom. The summed E-state index contributed by atoms with van der Waals surface area (Å²) in [7, 11) is 0. The van der Waals surface area contributed by atoms with E-state index >= 15 is 0 Å². The highest BCUT2D eigenvalue weighted by molar-refractivity contribution is 5.80. The van der Waals surface area contributed by atoms with Crippen molar-refractivity contribution in [1.82, 2.24) is 0 Å². The van der Waals surface area contributed by atoms with Crippen molar-refractivity contribution in [3.63, 3.8) is 0 Å². The third kappa shape index (κ3) is 8.58. The maximum absolute atomic E-state index is 11.6. The lowest BCUT2D eigenvalue weighted by atomic mass is 9.96. The number of rotatable bonds is 10. The van der Waals surface area contributed by atoms with Gasteiger partial charge in [-0.2, -0.15) is 0 Å². The van der Waals surface area contributed by atoms with E-state index < -0.39 is 0 Å². The average Bonchev–Trinajstić information content (AvgIpc) is 2.24. The molecule has 0 rings (SSSR count). The van der Waals surface area contributed by atoms with Crippen molar-refractivity contribution in [3.8, 4) is 0 Å². The summed E-state index contributed by atoms with van der Waals surface area (Å²) in [6, 6.07) is 0. The summed E-state index contributed by atoms with van der Waals surface area (Å²) in [5.41, 5.74) is 0. The van der Waals surface area contributed by atoms with E-state index in [-0.39, 0.29) is 19.1 Å². The Morgan fingerprint density at radius 2 is 1.60 bits per heavy atom. The van der Waals surface area contributed by atoms with Gasteiger partial charge >= 0.3 is 0 Å². The second kappa shape index (κ2) is 10.1. The van der Waals surface area contributed by atoms with Gasteiger partial charge in [0.2, 0.25) is 0 Å². The number of carbonyl (C=O) groups excluding carboxylic acids is 1. The van der Waals surface area contributed by atoms with Gasteiger partial charge in [0.25, 0.3) is 0 Å². The quantitative estimate of drug-likeness (QED) is 0.548. The molecule has 2 N–H and O–H groups in total. The van der Waals surface area contributed by atoms with Crippen LogP contribution in [-0.4, -0.2) is 29.2 Å². The van der Waals surface area contributed by atoms with Gasteiger partial charge in [0.05, 0.1) is 0 Å². The van der Waals surface area contributed by atoms with Crippen molar-refractivity contribution in [2.24, 2.45) is 5.92 Å². The third-order valence-electron chi connectivity index (χ3n) is 2.68. The molecule has 15 heavy (non-hydrogen) atoms. The minimum Gasteiger partial charge on any atom is -0.396 e.